The van der Waals surface area contributed by atoms with Gasteiger partial charge in [-0.15, -0.1) is 11.3 Å². The second-order valence-corrected chi connectivity index (χ2v) is 4.36. The Morgan fingerprint density at radius 2 is 2.64 bits per heavy atom. The molecular formula is C9H13N3OS. The summed E-state index contributed by atoms with van der Waals surface area (Å²) in [6.45, 7) is 4.55. The van der Waals surface area contributed by atoms with Gasteiger partial charge in [0.25, 0.3) is 5.91 Å². The first-order chi connectivity index (χ1) is 6.77. The molecule has 1 aliphatic rings. The van der Waals surface area contributed by atoms with Crippen molar-refractivity contribution in [1.82, 2.24) is 15.2 Å². The number of rotatable bonds is 1. The molecule has 0 saturated carbocycles. The highest BCUT2D eigenvalue weighted by atomic mass is 32.1. The Balaban J connectivity index is 2.04. The highest BCUT2D eigenvalue weighted by Crippen LogP contribution is 2.11. The number of thiazole rings is 1. The Morgan fingerprint density at radius 3 is 3.29 bits per heavy atom. The molecule has 14 heavy (non-hydrogen) atoms. The van der Waals surface area contributed by atoms with Crippen molar-refractivity contribution in [2.45, 2.75) is 13.0 Å². The van der Waals surface area contributed by atoms with Gasteiger partial charge in [0.1, 0.15) is 4.88 Å². The zero-order chi connectivity index (χ0) is 9.97. The molecule has 1 atom stereocenters. The molecule has 1 aromatic heterocycles. The summed E-state index contributed by atoms with van der Waals surface area (Å²) in [6, 6.07) is 0.389. The average Bonchev–Trinajstić information content (AvgIpc) is 2.69. The number of amides is 1. The highest BCUT2D eigenvalue weighted by Gasteiger charge is 2.22. The van der Waals surface area contributed by atoms with E-state index in [1.807, 2.05) is 4.90 Å². The van der Waals surface area contributed by atoms with Crippen molar-refractivity contribution in [3.05, 3.63) is 16.6 Å². The number of aromatic nitrogens is 1. The zero-order valence-corrected chi connectivity index (χ0v) is 8.88. The van der Waals surface area contributed by atoms with E-state index in [2.05, 4.69) is 17.2 Å². The van der Waals surface area contributed by atoms with Crippen LogP contribution in [0.25, 0.3) is 0 Å². The van der Waals surface area contributed by atoms with Gasteiger partial charge in [-0.25, -0.2) is 0 Å². The van der Waals surface area contributed by atoms with E-state index in [9.17, 15) is 4.79 Å². The van der Waals surface area contributed by atoms with E-state index >= 15 is 0 Å². The summed E-state index contributed by atoms with van der Waals surface area (Å²) in [4.78, 5) is 18.4. The van der Waals surface area contributed by atoms with Crippen LogP contribution in [0.15, 0.2) is 11.7 Å². The molecule has 0 radical (unpaired) electrons. The topological polar surface area (TPSA) is 45.2 Å². The first-order valence-electron chi connectivity index (χ1n) is 4.68. The fourth-order valence-electron chi connectivity index (χ4n) is 1.59. The lowest BCUT2D eigenvalue weighted by Gasteiger charge is -2.31. The smallest absolute Gasteiger partial charge is 0.265 e. The molecule has 1 saturated heterocycles. The summed E-state index contributed by atoms with van der Waals surface area (Å²) < 4.78 is 0. The predicted molar refractivity (Wildman–Crippen MR) is 55.5 cm³/mol. The molecule has 1 aliphatic heterocycles. The average molecular weight is 211 g/mol. The maximum atomic E-state index is 11.9. The third-order valence-corrected chi connectivity index (χ3v) is 3.06. The minimum atomic E-state index is 0.112. The molecule has 1 N–H and O–H groups in total. The van der Waals surface area contributed by atoms with E-state index in [-0.39, 0.29) is 5.91 Å². The molecule has 0 spiro atoms. The van der Waals surface area contributed by atoms with Gasteiger partial charge in [0, 0.05) is 25.7 Å². The summed E-state index contributed by atoms with van der Waals surface area (Å²) in [5.74, 6) is 0.112. The molecule has 0 aliphatic carbocycles. The van der Waals surface area contributed by atoms with Crippen molar-refractivity contribution in [2.75, 3.05) is 19.6 Å². The lowest BCUT2D eigenvalue weighted by atomic mass is 10.2. The minimum absolute atomic E-state index is 0.112. The Kier molecular flexibility index (Phi) is 2.79. The van der Waals surface area contributed by atoms with E-state index < -0.39 is 0 Å². The maximum absolute atomic E-state index is 11.9. The van der Waals surface area contributed by atoms with E-state index in [1.165, 1.54) is 11.3 Å². The summed E-state index contributed by atoms with van der Waals surface area (Å²) in [6.07, 6.45) is 1.64. The standard InChI is InChI=1S/C9H13N3OS/c1-7-5-12(3-2-11-7)9(13)8-4-10-6-14-8/h4,6-7,11H,2-3,5H2,1H3/t7-/m0/s1. The van der Waals surface area contributed by atoms with Gasteiger partial charge >= 0.3 is 0 Å². The van der Waals surface area contributed by atoms with Crippen LogP contribution in [0.5, 0.6) is 0 Å². The Bertz CT molecular complexity index is 312. The molecular weight excluding hydrogens is 198 g/mol. The zero-order valence-electron chi connectivity index (χ0n) is 8.06. The summed E-state index contributed by atoms with van der Waals surface area (Å²) in [5.41, 5.74) is 1.69. The van der Waals surface area contributed by atoms with Crippen LogP contribution in [-0.4, -0.2) is 41.5 Å². The van der Waals surface area contributed by atoms with Crippen molar-refractivity contribution >= 4 is 17.2 Å². The van der Waals surface area contributed by atoms with E-state index in [0.717, 1.165) is 24.5 Å². The SMILES string of the molecule is C[C@H]1CN(C(=O)c2cncs2)CCN1. The molecule has 1 fully saturated rings. The van der Waals surface area contributed by atoms with Gasteiger partial charge in [-0.05, 0) is 6.92 Å². The molecule has 76 valence electrons. The van der Waals surface area contributed by atoms with Crippen molar-refractivity contribution < 1.29 is 4.79 Å². The van der Waals surface area contributed by atoms with Gasteiger partial charge in [-0.3, -0.25) is 9.78 Å². The van der Waals surface area contributed by atoms with Crippen LogP contribution in [0.3, 0.4) is 0 Å². The van der Waals surface area contributed by atoms with Gasteiger partial charge in [0.15, 0.2) is 0 Å². The molecule has 2 heterocycles. The van der Waals surface area contributed by atoms with Crippen LogP contribution >= 0.6 is 11.3 Å². The number of carbonyl (C=O) groups excluding carboxylic acids is 1. The number of hydrogen-bond acceptors (Lipinski definition) is 4. The van der Waals surface area contributed by atoms with Crippen molar-refractivity contribution in [3.63, 3.8) is 0 Å². The van der Waals surface area contributed by atoms with Crippen LogP contribution in [0, 0.1) is 0 Å². The first kappa shape index (κ1) is 9.61. The van der Waals surface area contributed by atoms with E-state index in [4.69, 9.17) is 0 Å². The largest absolute Gasteiger partial charge is 0.335 e. The van der Waals surface area contributed by atoms with Gasteiger partial charge in [-0.2, -0.15) is 0 Å². The second-order valence-electron chi connectivity index (χ2n) is 3.47. The molecule has 0 aromatic carbocycles. The van der Waals surface area contributed by atoms with Crippen LogP contribution in [0.1, 0.15) is 16.6 Å². The van der Waals surface area contributed by atoms with Gasteiger partial charge in [0.05, 0.1) is 11.7 Å². The van der Waals surface area contributed by atoms with E-state index in [1.54, 1.807) is 11.7 Å². The molecule has 2 rings (SSSR count). The molecule has 5 heteroatoms. The number of carbonyl (C=O) groups is 1. The van der Waals surface area contributed by atoms with Gasteiger partial charge in [0.2, 0.25) is 0 Å². The third kappa shape index (κ3) is 1.93. The monoisotopic (exact) mass is 211 g/mol. The van der Waals surface area contributed by atoms with Crippen molar-refractivity contribution in [1.29, 1.82) is 0 Å². The molecule has 0 unspecified atom stereocenters. The quantitative estimate of drug-likeness (QED) is 0.739. The number of nitrogens with one attached hydrogen (secondary N) is 1. The fourth-order valence-corrected chi connectivity index (χ4v) is 2.18. The third-order valence-electron chi connectivity index (χ3n) is 2.30. The first-order valence-corrected chi connectivity index (χ1v) is 5.56. The molecule has 4 nitrogen and oxygen atoms in total. The van der Waals surface area contributed by atoms with Crippen LogP contribution < -0.4 is 5.32 Å². The highest BCUT2D eigenvalue weighted by molar-refractivity contribution is 7.11. The van der Waals surface area contributed by atoms with Crippen molar-refractivity contribution in [3.8, 4) is 0 Å². The molecule has 1 amide bonds. The Hall–Kier alpha value is -0.940. The predicted octanol–water partition coefficient (Wildman–Crippen LogP) is 0.577. The molecule has 1 aromatic rings. The van der Waals surface area contributed by atoms with Crippen LogP contribution in [0.4, 0.5) is 0 Å². The Labute approximate surface area is 86.9 Å². The summed E-state index contributed by atoms with van der Waals surface area (Å²) in [7, 11) is 0. The Morgan fingerprint density at radius 1 is 1.79 bits per heavy atom. The lowest BCUT2D eigenvalue weighted by Crippen LogP contribution is -2.51. The number of piperazine rings is 1. The lowest BCUT2D eigenvalue weighted by molar-refractivity contribution is 0.0714. The van der Waals surface area contributed by atoms with Gasteiger partial charge in [-0.1, -0.05) is 0 Å². The van der Waals surface area contributed by atoms with Gasteiger partial charge < -0.3 is 10.2 Å². The number of hydrogen-bond donors (Lipinski definition) is 1. The fraction of sp³-hybridized carbons (Fsp3) is 0.556. The number of nitrogens with zero attached hydrogens (tertiary/aromatic N) is 2. The second kappa shape index (κ2) is 4.06. The normalized spacial score (nSPS) is 22.4. The van der Waals surface area contributed by atoms with Crippen molar-refractivity contribution in [2.24, 2.45) is 0 Å². The minimum Gasteiger partial charge on any atom is -0.335 e. The summed E-state index contributed by atoms with van der Waals surface area (Å²) in [5, 5.41) is 3.31. The summed E-state index contributed by atoms with van der Waals surface area (Å²) >= 11 is 1.40. The maximum Gasteiger partial charge on any atom is 0.265 e. The van der Waals surface area contributed by atoms with Crippen LogP contribution in [-0.2, 0) is 0 Å². The molecule has 0 bridgehead atoms. The van der Waals surface area contributed by atoms with E-state index in [0.29, 0.717) is 6.04 Å². The van der Waals surface area contributed by atoms with Crippen LogP contribution in [0.2, 0.25) is 0 Å².